The van der Waals surface area contributed by atoms with Crippen LogP contribution in [0.25, 0.3) is 0 Å². The zero-order valence-electron chi connectivity index (χ0n) is 11.5. The molecule has 0 radical (unpaired) electrons. The van der Waals surface area contributed by atoms with Crippen molar-refractivity contribution < 1.29 is 9.47 Å². The normalized spacial score (nSPS) is 25.4. The van der Waals surface area contributed by atoms with Crippen LogP contribution >= 0.6 is 23.2 Å². The van der Waals surface area contributed by atoms with Crippen LogP contribution in [0.3, 0.4) is 0 Å². The summed E-state index contributed by atoms with van der Waals surface area (Å²) in [7, 11) is 0. The van der Waals surface area contributed by atoms with Gasteiger partial charge >= 0.3 is 0 Å². The third-order valence-corrected chi connectivity index (χ3v) is 4.04. The standard InChI is InChI=1S/C14H15Cl2N3O2/c1-2-11-6-20-14(21-11,7-19-9-17-8-18-19)12-4-3-10(15)5-13(12)16/h3-5,8-9,11H,2,6-7H2,1H3/t11-,14-/m1/s1. The lowest BCUT2D eigenvalue weighted by Gasteiger charge is -2.29. The third kappa shape index (κ3) is 2.92. The highest BCUT2D eigenvalue weighted by Crippen LogP contribution is 2.40. The first-order valence-electron chi connectivity index (χ1n) is 6.72. The van der Waals surface area contributed by atoms with Crippen LogP contribution in [-0.4, -0.2) is 27.5 Å². The Bertz CT molecular complexity index is 621. The van der Waals surface area contributed by atoms with Crippen LogP contribution in [0.5, 0.6) is 0 Å². The van der Waals surface area contributed by atoms with E-state index in [9.17, 15) is 0 Å². The number of aromatic nitrogens is 3. The van der Waals surface area contributed by atoms with Gasteiger partial charge in [-0.2, -0.15) is 5.10 Å². The number of benzene rings is 1. The first-order valence-corrected chi connectivity index (χ1v) is 7.48. The molecule has 1 aromatic heterocycles. The van der Waals surface area contributed by atoms with E-state index in [4.69, 9.17) is 32.7 Å². The van der Waals surface area contributed by atoms with Crippen molar-refractivity contribution in [2.75, 3.05) is 6.61 Å². The Balaban J connectivity index is 1.99. The molecule has 112 valence electrons. The van der Waals surface area contributed by atoms with Crippen molar-refractivity contribution >= 4 is 23.2 Å². The Labute approximate surface area is 132 Å². The van der Waals surface area contributed by atoms with Crippen LogP contribution in [0.2, 0.25) is 10.0 Å². The molecule has 3 rings (SSSR count). The maximum absolute atomic E-state index is 6.34. The summed E-state index contributed by atoms with van der Waals surface area (Å²) >= 11 is 12.3. The van der Waals surface area contributed by atoms with E-state index in [0.717, 1.165) is 12.0 Å². The van der Waals surface area contributed by atoms with Crippen LogP contribution in [-0.2, 0) is 21.8 Å². The topological polar surface area (TPSA) is 49.2 Å². The lowest BCUT2D eigenvalue weighted by molar-refractivity contribution is -0.188. The molecule has 2 heterocycles. The maximum Gasteiger partial charge on any atom is 0.217 e. The van der Waals surface area contributed by atoms with E-state index in [1.165, 1.54) is 6.33 Å². The molecule has 0 amide bonds. The lowest BCUT2D eigenvalue weighted by atomic mass is 10.1. The smallest absolute Gasteiger partial charge is 0.217 e. The quantitative estimate of drug-likeness (QED) is 0.864. The number of halogens is 2. The number of hydrogen-bond acceptors (Lipinski definition) is 4. The second-order valence-corrected chi connectivity index (χ2v) is 5.77. The van der Waals surface area contributed by atoms with Gasteiger partial charge in [0, 0.05) is 10.6 Å². The molecule has 0 saturated carbocycles. The summed E-state index contributed by atoms with van der Waals surface area (Å²) in [5.74, 6) is -0.962. The average Bonchev–Trinajstić information content (AvgIpc) is 3.09. The lowest BCUT2D eigenvalue weighted by Crippen LogP contribution is -2.34. The van der Waals surface area contributed by atoms with Crippen LogP contribution in [0, 0.1) is 0 Å². The van der Waals surface area contributed by atoms with Crippen molar-refractivity contribution in [3.63, 3.8) is 0 Å². The number of nitrogens with zero attached hydrogens (tertiary/aromatic N) is 3. The molecule has 1 saturated heterocycles. The van der Waals surface area contributed by atoms with Crippen molar-refractivity contribution in [1.29, 1.82) is 0 Å². The molecule has 5 nitrogen and oxygen atoms in total. The largest absolute Gasteiger partial charge is 0.342 e. The van der Waals surface area contributed by atoms with Crippen LogP contribution < -0.4 is 0 Å². The fourth-order valence-corrected chi connectivity index (χ4v) is 2.95. The molecule has 1 fully saturated rings. The highest BCUT2D eigenvalue weighted by atomic mass is 35.5. The van der Waals surface area contributed by atoms with E-state index < -0.39 is 5.79 Å². The minimum atomic E-state index is -0.962. The summed E-state index contributed by atoms with van der Waals surface area (Å²) in [6, 6.07) is 5.30. The van der Waals surface area contributed by atoms with Crippen molar-refractivity contribution in [2.24, 2.45) is 0 Å². The minimum Gasteiger partial charge on any atom is -0.342 e. The predicted octanol–water partition coefficient (Wildman–Crippen LogP) is 3.26. The Hall–Kier alpha value is -1.14. The summed E-state index contributed by atoms with van der Waals surface area (Å²) in [6.45, 7) is 2.96. The van der Waals surface area contributed by atoms with Gasteiger partial charge in [-0.25, -0.2) is 9.67 Å². The molecule has 2 aromatic rings. The fraction of sp³-hybridized carbons (Fsp3) is 0.429. The van der Waals surface area contributed by atoms with E-state index in [1.807, 2.05) is 6.07 Å². The van der Waals surface area contributed by atoms with Gasteiger partial charge in [-0.1, -0.05) is 36.2 Å². The van der Waals surface area contributed by atoms with E-state index in [2.05, 4.69) is 17.0 Å². The predicted molar refractivity (Wildman–Crippen MR) is 79.3 cm³/mol. The van der Waals surface area contributed by atoms with Gasteiger partial charge in [-0.05, 0) is 18.6 Å². The molecule has 0 spiro atoms. The van der Waals surface area contributed by atoms with Gasteiger partial charge in [-0.3, -0.25) is 0 Å². The summed E-state index contributed by atoms with van der Waals surface area (Å²) in [4.78, 5) is 3.95. The molecular formula is C14H15Cl2N3O2. The summed E-state index contributed by atoms with van der Waals surface area (Å²) in [5, 5.41) is 5.21. The molecule has 21 heavy (non-hydrogen) atoms. The van der Waals surface area contributed by atoms with Crippen molar-refractivity contribution in [3.05, 3.63) is 46.5 Å². The highest BCUT2D eigenvalue weighted by Gasteiger charge is 2.44. The fourth-order valence-electron chi connectivity index (χ4n) is 2.40. The minimum absolute atomic E-state index is 0.0280. The Morgan fingerprint density at radius 2 is 2.29 bits per heavy atom. The van der Waals surface area contributed by atoms with Crippen molar-refractivity contribution in [3.8, 4) is 0 Å². The molecule has 1 aliphatic rings. The average molecular weight is 328 g/mol. The third-order valence-electron chi connectivity index (χ3n) is 3.49. The van der Waals surface area contributed by atoms with Gasteiger partial charge in [0.2, 0.25) is 5.79 Å². The molecule has 0 aliphatic carbocycles. The Morgan fingerprint density at radius 1 is 1.43 bits per heavy atom. The van der Waals surface area contributed by atoms with E-state index in [-0.39, 0.29) is 6.10 Å². The van der Waals surface area contributed by atoms with Crippen LogP contribution in [0.1, 0.15) is 18.9 Å². The molecule has 0 bridgehead atoms. The molecule has 1 aliphatic heterocycles. The van der Waals surface area contributed by atoms with Gasteiger partial charge < -0.3 is 9.47 Å². The summed E-state index contributed by atoms with van der Waals surface area (Å²) < 4.78 is 13.8. The maximum atomic E-state index is 6.34. The zero-order chi connectivity index (χ0) is 14.9. The molecular weight excluding hydrogens is 313 g/mol. The Kier molecular flexibility index (Phi) is 4.17. The van der Waals surface area contributed by atoms with Gasteiger partial charge in [0.15, 0.2) is 0 Å². The van der Waals surface area contributed by atoms with Crippen LogP contribution in [0.15, 0.2) is 30.9 Å². The van der Waals surface area contributed by atoms with Gasteiger partial charge in [0.05, 0.1) is 17.7 Å². The van der Waals surface area contributed by atoms with Gasteiger partial charge in [-0.15, -0.1) is 0 Å². The van der Waals surface area contributed by atoms with Crippen molar-refractivity contribution in [2.45, 2.75) is 31.8 Å². The van der Waals surface area contributed by atoms with E-state index in [1.54, 1.807) is 23.1 Å². The summed E-state index contributed by atoms with van der Waals surface area (Å²) in [5.41, 5.74) is 0.750. The highest BCUT2D eigenvalue weighted by molar-refractivity contribution is 6.35. The molecule has 2 atom stereocenters. The van der Waals surface area contributed by atoms with Crippen molar-refractivity contribution in [1.82, 2.24) is 14.8 Å². The van der Waals surface area contributed by atoms with Crippen LogP contribution in [0.4, 0.5) is 0 Å². The number of rotatable bonds is 4. The monoisotopic (exact) mass is 327 g/mol. The van der Waals surface area contributed by atoms with Gasteiger partial charge in [0.25, 0.3) is 0 Å². The first kappa shape index (κ1) is 14.8. The van der Waals surface area contributed by atoms with E-state index >= 15 is 0 Å². The molecule has 7 heteroatoms. The second-order valence-electron chi connectivity index (χ2n) is 4.93. The van der Waals surface area contributed by atoms with E-state index in [0.29, 0.717) is 23.2 Å². The number of ether oxygens (including phenoxy) is 2. The molecule has 0 unspecified atom stereocenters. The SMILES string of the molecule is CC[C@@H]1CO[C@@](Cn2cncn2)(c2ccc(Cl)cc2Cl)O1. The summed E-state index contributed by atoms with van der Waals surface area (Å²) in [6.07, 6.45) is 3.99. The second kappa shape index (κ2) is 5.93. The molecule has 1 aromatic carbocycles. The Morgan fingerprint density at radius 3 is 2.90 bits per heavy atom. The zero-order valence-corrected chi connectivity index (χ0v) is 13.0. The molecule has 0 N–H and O–H groups in total. The number of hydrogen-bond donors (Lipinski definition) is 0. The van der Waals surface area contributed by atoms with Gasteiger partial charge in [0.1, 0.15) is 19.2 Å². The first-order chi connectivity index (χ1) is 10.1.